The standard InChI is InChI=1S/C24H19NO6/c26-22(12-13-25-24(28)29-15-16-6-2-1-3-7-16)30-17-10-11-19-18-8-4-5-9-20(18)23(27)31-21(19)14-17/h1-11,14H,12-13,15H2,(H,25,28). The van der Waals surface area contributed by atoms with Crippen molar-refractivity contribution in [2.75, 3.05) is 6.54 Å². The fourth-order valence-corrected chi connectivity index (χ4v) is 3.15. The normalized spacial score (nSPS) is 10.7. The second kappa shape index (κ2) is 9.13. The lowest BCUT2D eigenvalue weighted by atomic mass is 10.1. The van der Waals surface area contributed by atoms with Crippen LogP contribution >= 0.6 is 0 Å². The second-order valence-corrected chi connectivity index (χ2v) is 6.81. The zero-order valence-corrected chi connectivity index (χ0v) is 16.5. The maximum Gasteiger partial charge on any atom is 0.407 e. The molecule has 7 nitrogen and oxygen atoms in total. The molecule has 0 radical (unpaired) electrons. The van der Waals surface area contributed by atoms with E-state index < -0.39 is 17.7 Å². The summed E-state index contributed by atoms with van der Waals surface area (Å²) in [5.41, 5.74) is 0.745. The summed E-state index contributed by atoms with van der Waals surface area (Å²) in [4.78, 5) is 35.9. The molecule has 0 aliphatic rings. The maximum atomic E-state index is 12.1. The smallest absolute Gasteiger partial charge is 0.407 e. The van der Waals surface area contributed by atoms with Crippen LogP contribution in [0, 0.1) is 0 Å². The van der Waals surface area contributed by atoms with Crippen molar-refractivity contribution in [3.05, 3.63) is 88.8 Å². The quantitative estimate of drug-likeness (QED) is 0.219. The number of rotatable bonds is 6. The molecule has 7 heteroatoms. The Morgan fingerprint density at radius 1 is 0.871 bits per heavy atom. The maximum absolute atomic E-state index is 12.1. The van der Waals surface area contributed by atoms with E-state index in [4.69, 9.17) is 13.9 Å². The third-order valence-electron chi connectivity index (χ3n) is 4.64. The summed E-state index contributed by atoms with van der Waals surface area (Å²) in [6.45, 7) is 0.216. The van der Waals surface area contributed by atoms with Crippen molar-refractivity contribution in [2.24, 2.45) is 0 Å². The van der Waals surface area contributed by atoms with E-state index in [1.54, 1.807) is 24.3 Å². The van der Waals surface area contributed by atoms with Gasteiger partial charge in [0.05, 0.1) is 11.8 Å². The summed E-state index contributed by atoms with van der Waals surface area (Å²) in [5.74, 6) is -0.284. The van der Waals surface area contributed by atoms with E-state index in [9.17, 15) is 14.4 Å². The Morgan fingerprint density at radius 2 is 1.61 bits per heavy atom. The molecule has 0 aliphatic carbocycles. The highest BCUT2D eigenvalue weighted by atomic mass is 16.5. The first kappa shape index (κ1) is 20.2. The lowest BCUT2D eigenvalue weighted by molar-refractivity contribution is -0.134. The monoisotopic (exact) mass is 417 g/mol. The SMILES string of the molecule is O=C(CCNC(=O)OCc1ccccc1)Oc1ccc2c(c1)oc(=O)c1ccccc12. The van der Waals surface area contributed by atoms with Gasteiger partial charge in [-0.3, -0.25) is 4.79 Å². The molecule has 0 saturated heterocycles. The van der Waals surface area contributed by atoms with E-state index in [1.807, 2.05) is 42.5 Å². The highest BCUT2D eigenvalue weighted by molar-refractivity contribution is 6.04. The van der Waals surface area contributed by atoms with Crippen molar-refractivity contribution in [1.29, 1.82) is 0 Å². The van der Waals surface area contributed by atoms with E-state index in [2.05, 4.69) is 5.32 Å². The van der Waals surface area contributed by atoms with E-state index >= 15 is 0 Å². The molecule has 0 aliphatic heterocycles. The second-order valence-electron chi connectivity index (χ2n) is 6.81. The van der Waals surface area contributed by atoms with E-state index in [0.717, 1.165) is 16.3 Å². The molecule has 0 spiro atoms. The summed E-state index contributed by atoms with van der Waals surface area (Å²) in [7, 11) is 0. The van der Waals surface area contributed by atoms with Gasteiger partial charge in [-0.25, -0.2) is 9.59 Å². The molecule has 0 fully saturated rings. The van der Waals surface area contributed by atoms with E-state index in [1.165, 1.54) is 6.07 Å². The number of esters is 1. The minimum absolute atomic E-state index is 0.0415. The van der Waals surface area contributed by atoms with Gasteiger partial charge in [-0.05, 0) is 29.1 Å². The largest absolute Gasteiger partial charge is 0.445 e. The van der Waals surface area contributed by atoms with Gasteiger partial charge < -0.3 is 19.2 Å². The van der Waals surface area contributed by atoms with Gasteiger partial charge in [-0.2, -0.15) is 0 Å². The minimum atomic E-state index is -0.615. The molecule has 0 bridgehead atoms. The first-order chi connectivity index (χ1) is 15.1. The molecule has 3 aromatic carbocycles. The van der Waals surface area contributed by atoms with Crippen LogP contribution in [0.25, 0.3) is 21.7 Å². The average molecular weight is 417 g/mol. The highest BCUT2D eigenvalue weighted by Crippen LogP contribution is 2.26. The molecular weight excluding hydrogens is 398 g/mol. The van der Waals surface area contributed by atoms with Gasteiger partial charge in [0.25, 0.3) is 0 Å². The Labute approximate surface area is 177 Å². The van der Waals surface area contributed by atoms with Crippen LogP contribution < -0.4 is 15.7 Å². The number of ether oxygens (including phenoxy) is 2. The summed E-state index contributed by atoms with van der Waals surface area (Å²) in [6.07, 6.45) is -0.656. The molecule has 4 aromatic rings. The van der Waals surface area contributed by atoms with E-state index in [-0.39, 0.29) is 25.3 Å². The van der Waals surface area contributed by atoms with Crippen molar-refractivity contribution in [1.82, 2.24) is 5.32 Å². The number of nitrogens with one attached hydrogen (secondary N) is 1. The summed E-state index contributed by atoms with van der Waals surface area (Å²) in [6, 6.07) is 21.3. The third kappa shape index (κ3) is 4.90. The predicted molar refractivity (Wildman–Crippen MR) is 115 cm³/mol. The molecule has 31 heavy (non-hydrogen) atoms. The number of carbonyl (C=O) groups is 2. The molecule has 0 atom stereocenters. The van der Waals surface area contributed by atoms with Gasteiger partial charge in [-0.15, -0.1) is 0 Å². The van der Waals surface area contributed by atoms with Crippen LogP contribution in [0.4, 0.5) is 4.79 Å². The van der Waals surface area contributed by atoms with E-state index in [0.29, 0.717) is 11.0 Å². The van der Waals surface area contributed by atoms with Crippen LogP contribution in [-0.2, 0) is 16.1 Å². The van der Waals surface area contributed by atoms with Gasteiger partial charge in [-0.1, -0.05) is 48.5 Å². The average Bonchev–Trinajstić information content (AvgIpc) is 2.78. The van der Waals surface area contributed by atoms with Crippen LogP contribution in [0.3, 0.4) is 0 Å². The van der Waals surface area contributed by atoms with Crippen LogP contribution in [0.5, 0.6) is 5.75 Å². The van der Waals surface area contributed by atoms with Gasteiger partial charge >= 0.3 is 17.7 Å². The van der Waals surface area contributed by atoms with Crippen LogP contribution in [-0.4, -0.2) is 18.6 Å². The van der Waals surface area contributed by atoms with Gasteiger partial charge in [0, 0.05) is 18.0 Å². The fraction of sp³-hybridized carbons (Fsp3) is 0.125. The zero-order chi connectivity index (χ0) is 21.6. The number of carbonyl (C=O) groups excluding carboxylic acids is 2. The number of hydrogen-bond acceptors (Lipinski definition) is 6. The Hall–Kier alpha value is -4.13. The minimum Gasteiger partial charge on any atom is -0.445 e. The summed E-state index contributed by atoms with van der Waals surface area (Å²) in [5, 5.41) is 4.51. The first-order valence-corrected chi connectivity index (χ1v) is 9.71. The predicted octanol–water partition coefficient (Wildman–Crippen LogP) is 4.17. The molecule has 1 heterocycles. The van der Waals surface area contributed by atoms with Crippen molar-refractivity contribution >= 4 is 33.8 Å². The van der Waals surface area contributed by atoms with Crippen molar-refractivity contribution in [2.45, 2.75) is 13.0 Å². The summed E-state index contributed by atoms with van der Waals surface area (Å²) >= 11 is 0. The zero-order valence-electron chi connectivity index (χ0n) is 16.5. The lowest BCUT2D eigenvalue weighted by Crippen LogP contribution is -2.27. The van der Waals surface area contributed by atoms with Crippen LogP contribution in [0.1, 0.15) is 12.0 Å². The van der Waals surface area contributed by atoms with Crippen molar-refractivity contribution in [3.63, 3.8) is 0 Å². The Balaban J connectivity index is 1.31. The molecule has 1 amide bonds. The Bertz CT molecular complexity index is 1300. The van der Waals surface area contributed by atoms with Gasteiger partial charge in [0.2, 0.25) is 0 Å². The highest BCUT2D eigenvalue weighted by Gasteiger charge is 2.11. The van der Waals surface area contributed by atoms with Gasteiger partial charge in [0.15, 0.2) is 0 Å². The molecule has 1 N–H and O–H groups in total. The molecule has 156 valence electrons. The van der Waals surface area contributed by atoms with Crippen molar-refractivity contribution in [3.8, 4) is 5.75 Å². The molecular formula is C24H19NO6. The Morgan fingerprint density at radius 3 is 2.42 bits per heavy atom. The van der Waals surface area contributed by atoms with Crippen molar-refractivity contribution < 1.29 is 23.5 Å². The number of benzene rings is 3. The lowest BCUT2D eigenvalue weighted by Gasteiger charge is -2.08. The topological polar surface area (TPSA) is 94.8 Å². The number of alkyl carbamates (subject to hydrolysis) is 1. The molecule has 0 unspecified atom stereocenters. The Kier molecular flexibility index (Phi) is 5.93. The van der Waals surface area contributed by atoms with Crippen LogP contribution in [0.15, 0.2) is 82.0 Å². The fourth-order valence-electron chi connectivity index (χ4n) is 3.15. The number of fused-ring (bicyclic) bond motifs is 3. The third-order valence-corrected chi connectivity index (χ3v) is 4.64. The molecule has 1 aromatic heterocycles. The molecule has 4 rings (SSSR count). The van der Waals surface area contributed by atoms with Gasteiger partial charge in [0.1, 0.15) is 17.9 Å². The molecule has 0 saturated carbocycles. The first-order valence-electron chi connectivity index (χ1n) is 9.71. The number of amides is 1. The summed E-state index contributed by atoms with van der Waals surface area (Å²) < 4.78 is 15.7. The number of hydrogen-bond donors (Lipinski definition) is 1. The van der Waals surface area contributed by atoms with Crippen LogP contribution in [0.2, 0.25) is 0 Å².